The van der Waals surface area contributed by atoms with Gasteiger partial charge in [0, 0.05) is 30.5 Å². The number of rotatable bonds is 7. The van der Waals surface area contributed by atoms with E-state index in [-0.39, 0.29) is 17.4 Å². The number of benzene rings is 2. The third-order valence-corrected chi connectivity index (χ3v) is 4.31. The average molecular weight is 374 g/mol. The summed E-state index contributed by atoms with van der Waals surface area (Å²) in [5.41, 5.74) is 2.63. The lowest BCUT2D eigenvalue weighted by molar-refractivity contribution is 0.101. The van der Waals surface area contributed by atoms with Crippen LogP contribution < -0.4 is 10.2 Å². The van der Waals surface area contributed by atoms with E-state index in [0.717, 1.165) is 5.56 Å². The van der Waals surface area contributed by atoms with E-state index in [1.54, 1.807) is 36.5 Å². The molecule has 1 N–H and O–H groups in total. The number of hydrogen-bond acceptors (Lipinski definition) is 5. The van der Waals surface area contributed by atoms with Gasteiger partial charge in [0.25, 0.3) is 5.91 Å². The van der Waals surface area contributed by atoms with Gasteiger partial charge in [0.1, 0.15) is 5.69 Å². The molecule has 0 spiro atoms. The fourth-order valence-corrected chi connectivity index (χ4v) is 2.74. The Hall–Kier alpha value is -3.54. The molecule has 0 saturated carbocycles. The van der Waals surface area contributed by atoms with Gasteiger partial charge in [-0.1, -0.05) is 30.3 Å². The van der Waals surface area contributed by atoms with Crippen LogP contribution in [0.25, 0.3) is 0 Å². The summed E-state index contributed by atoms with van der Waals surface area (Å²) in [6.45, 7) is 4.90. The second-order valence-corrected chi connectivity index (χ2v) is 6.33. The molecule has 6 nitrogen and oxygen atoms in total. The minimum atomic E-state index is -0.324. The molecular formula is C22H22N4O2. The average Bonchev–Trinajstić information content (AvgIpc) is 2.73. The third-order valence-electron chi connectivity index (χ3n) is 4.31. The van der Waals surface area contributed by atoms with Gasteiger partial charge in [0.2, 0.25) is 5.95 Å². The number of carbonyl (C=O) groups is 2. The van der Waals surface area contributed by atoms with Crippen LogP contribution in [0.2, 0.25) is 0 Å². The van der Waals surface area contributed by atoms with E-state index in [2.05, 4.69) is 15.3 Å². The zero-order valence-corrected chi connectivity index (χ0v) is 15.9. The van der Waals surface area contributed by atoms with Crippen LogP contribution in [0, 0.1) is 0 Å². The van der Waals surface area contributed by atoms with Crippen molar-refractivity contribution in [2.45, 2.75) is 20.4 Å². The summed E-state index contributed by atoms with van der Waals surface area (Å²) in [5, 5.41) is 2.80. The molecule has 6 heteroatoms. The molecule has 0 saturated heterocycles. The van der Waals surface area contributed by atoms with E-state index in [9.17, 15) is 9.59 Å². The monoisotopic (exact) mass is 374 g/mol. The Morgan fingerprint density at radius 1 is 1.00 bits per heavy atom. The molecule has 3 aromatic rings. The van der Waals surface area contributed by atoms with E-state index in [1.807, 2.05) is 42.2 Å². The normalized spacial score (nSPS) is 10.4. The summed E-state index contributed by atoms with van der Waals surface area (Å²) in [6.07, 6.45) is 1.59. The Balaban J connectivity index is 1.74. The van der Waals surface area contributed by atoms with E-state index >= 15 is 0 Å². The number of amides is 1. The quantitative estimate of drug-likeness (QED) is 0.634. The molecule has 28 heavy (non-hydrogen) atoms. The molecule has 0 bridgehead atoms. The van der Waals surface area contributed by atoms with Crippen LogP contribution in [0.3, 0.4) is 0 Å². The maximum atomic E-state index is 12.6. The molecule has 0 radical (unpaired) electrons. The van der Waals surface area contributed by atoms with Gasteiger partial charge in [0.05, 0.1) is 0 Å². The smallest absolute Gasteiger partial charge is 0.274 e. The van der Waals surface area contributed by atoms with Crippen molar-refractivity contribution in [2.24, 2.45) is 0 Å². The summed E-state index contributed by atoms with van der Waals surface area (Å²) in [5.74, 6) is 0.164. The molecule has 2 aromatic carbocycles. The fraction of sp³-hybridized carbons (Fsp3) is 0.182. The Labute approximate surface area is 164 Å². The number of carbonyl (C=O) groups excluding carboxylic acids is 2. The van der Waals surface area contributed by atoms with Gasteiger partial charge < -0.3 is 10.2 Å². The van der Waals surface area contributed by atoms with Crippen molar-refractivity contribution >= 4 is 23.3 Å². The zero-order valence-electron chi connectivity index (χ0n) is 15.9. The second-order valence-electron chi connectivity index (χ2n) is 6.33. The van der Waals surface area contributed by atoms with Crippen molar-refractivity contribution in [3.05, 3.63) is 83.7 Å². The molecule has 0 unspecified atom stereocenters. The molecule has 3 rings (SSSR count). The lowest BCUT2D eigenvalue weighted by Crippen LogP contribution is -2.25. The maximum Gasteiger partial charge on any atom is 0.274 e. The largest absolute Gasteiger partial charge is 0.337 e. The highest BCUT2D eigenvalue weighted by molar-refractivity contribution is 6.03. The highest BCUT2D eigenvalue weighted by Crippen LogP contribution is 2.14. The lowest BCUT2D eigenvalue weighted by atomic mass is 10.1. The van der Waals surface area contributed by atoms with E-state index < -0.39 is 0 Å². The lowest BCUT2D eigenvalue weighted by Gasteiger charge is -2.21. The predicted molar refractivity (Wildman–Crippen MR) is 110 cm³/mol. The fourth-order valence-electron chi connectivity index (χ4n) is 2.74. The van der Waals surface area contributed by atoms with Crippen molar-refractivity contribution in [1.29, 1.82) is 0 Å². The molecule has 142 valence electrons. The minimum absolute atomic E-state index is 0.0172. The summed E-state index contributed by atoms with van der Waals surface area (Å²) in [7, 11) is 0. The maximum absolute atomic E-state index is 12.6. The van der Waals surface area contributed by atoms with Crippen molar-refractivity contribution in [1.82, 2.24) is 9.97 Å². The summed E-state index contributed by atoms with van der Waals surface area (Å²) in [6, 6.07) is 18.4. The highest BCUT2D eigenvalue weighted by Gasteiger charge is 2.13. The van der Waals surface area contributed by atoms with E-state index in [1.165, 1.54) is 6.92 Å². The van der Waals surface area contributed by atoms with Gasteiger partial charge in [-0.05, 0) is 49.7 Å². The molecule has 0 atom stereocenters. The predicted octanol–water partition coefficient (Wildman–Crippen LogP) is 3.96. The van der Waals surface area contributed by atoms with Gasteiger partial charge in [0.15, 0.2) is 5.78 Å². The van der Waals surface area contributed by atoms with Crippen LogP contribution in [-0.2, 0) is 6.54 Å². The van der Waals surface area contributed by atoms with Gasteiger partial charge in [-0.25, -0.2) is 9.97 Å². The Kier molecular flexibility index (Phi) is 6.11. The van der Waals surface area contributed by atoms with Crippen LogP contribution in [0.4, 0.5) is 11.6 Å². The number of ketones is 1. The van der Waals surface area contributed by atoms with Crippen molar-refractivity contribution < 1.29 is 9.59 Å². The van der Waals surface area contributed by atoms with Crippen LogP contribution in [0.5, 0.6) is 0 Å². The highest BCUT2D eigenvalue weighted by atomic mass is 16.2. The van der Waals surface area contributed by atoms with Crippen molar-refractivity contribution in [3.8, 4) is 0 Å². The number of aromatic nitrogens is 2. The first-order valence-electron chi connectivity index (χ1n) is 9.11. The van der Waals surface area contributed by atoms with Gasteiger partial charge >= 0.3 is 0 Å². The molecule has 0 aliphatic carbocycles. The molecular weight excluding hydrogens is 352 g/mol. The Morgan fingerprint density at radius 2 is 1.71 bits per heavy atom. The first-order chi connectivity index (χ1) is 13.6. The number of anilines is 2. The standard InChI is InChI=1S/C22H22N4O2/c1-3-26(15-17-7-5-4-6-8-17)22-23-14-13-20(25-22)21(28)24-19-11-9-18(10-12-19)16(2)27/h4-14H,3,15H2,1-2H3,(H,24,28). The van der Waals surface area contributed by atoms with Crippen LogP contribution in [0.1, 0.15) is 40.3 Å². The molecule has 0 fully saturated rings. The van der Waals surface area contributed by atoms with Crippen molar-refractivity contribution in [3.63, 3.8) is 0 Å². The third kappa shape index (κ3) is 4.79. The molecule has 1 amide bonds. The zero-order chi connectivity index (χ0) is 19.9. The number of nitrogens with zero attached hydrogens (tertiary/aromatic N) is 3. The number of nitrogens with one attached hydrogen (secondary N) is 1. The van der Waals surface area contributed by atoms with Crippen LogP contribution in [0.15, 0.2) is 66.9 Å². The Morgan fingerprint density at radius 3 is 2.36 bits per heavy atom. The van der Waals surface area contributed by atoms with Gasteiger partial charge in [-0.2, -0.15) is 0 Å². The summed E-state index contributed by atoms with van der Waals surface area (Å²) in [4.78, 5) is 34.7. The molecule has 1 aromatic heterocycles. The van der Waals surface area contributed by atoms with Gasteiger partial charge in [-0.15, -0.1) is 0 Å². The number of hydrogen-bond donors (Lipinski definition) is 1. The van der Waals surface area contributed by atoms with E-state index in [0.29, 0.717) is 30.3 Å². The number of Topliss-reactive ketones (excluding diaryl/α,β-unsaturated/α-hetero) is 1. The van der Waals surface area contributed by atoms with Crippen LogP contribution >= 0.6 is 0 Å². The minimum Gasteiger partial charge on any atom is -0.337 e. The van der Waals surface area contributed by atoms with Gasteiger partial charge in [-0.3, -0.25) is 9.59 Å². The van der Waals surface area contributed by atoms with Crippen molar-refractivity contribution in [2.75, 3.05) is 16.8 Å². The van der Waals surface area contributed by atoms with Crippen LogP contribution in [-0.4, -0.2) is 28.2 Å². The first kappa shape index (κ1) is 19.2. The molecule has 0 aliphatic rings. The SMILES string of the molecule is CCN(Cc1ccccc1)c1nccc(C(=O)Nc2ccc(C(C)=O)cc2)n1. The molecule has 1 heterocycles. The first-order valence-corrected chi connectivity index (χ1v) is 9.11. The second kappa shape index (κ2) is 8.90. The summed E-state index contributed by atoms with van der Waals surface area (Å²) >= 11 is 0. The summed E-state index contributed by atoms with van der Waals surface area (Å²) < 4.78 is 0. The molecule has 0 aliphatic heterocycles. The van der Waals surface area contributed by atoms with E-state index in [4.69, 9.17) is 0 Å². The topological polar surface area (TPSA) is 75.2 Å². The Bertz CT molecular complexity index is 956.